The van der Waals surface area contributed by atoms with Crippen molar-refractivity contribution in [2.75, 3.05) is 5.75 Å². The van der Waals surface area contributed by atoms with Gasteiger partial charge in [-0.15, -0.1) is 10.2 Å². The van der Waals surface area contributed by atoms with Crippen molar-refractivity contribution in [3.8, 4) is 23.2 Å². The molecule has 0 aliphatic heterocycles. The Labute approximate surface area is 168 Å². The predicted molar refractivity (Wildman–Crippen MR) is 113 cm³/mol. The molecule has 4 aromatic rings. The van der Waals surface area contributed by atoms with Gasteiger partial charge >= 0.3 is 0 Å². The molecular formula is C23H18N4S. The van der Waals surface area contributed by atoms with Crippen LogP contribution in [-0.2, 0) is 6.54 Å². The van der Waals surface area contributed by atoms with E-state index in [1.165, 1.54) is 5.56 Å². The largest absolute Gasteiger partial charge is 0.298 e. The highest BCUT2D eigenvalue weighted by Crippen LogP contribution is 2.24. The minimum atomic E-state index is 0.651. The summed E-state index contributed by atoms with van der Waals surface area (Å²) in [7, 11) is 0. The molecule has 28 heavy (non-hydrogen) atoms. The molecule has 0 aliphatic carbocycles. The molecule has 2 aromatic heterocycles. The number of hydrogen-bond acceptors (Lipinski definition) is 4. The molecule has 0 saturated carbocycles. The van der Waals surface area contributed by atoms with Crippen LogP contribution >= 0.6 is 11.8 Å². The molecule has 2 aromatic carbocycles. The van der Waals surface area contributed by atoms with Crippen molar-refractivity contribution in [1.82, 2.24) is 19.7 Å². The van der Waals surface area contributed by atoms with Gasteiger partial charge < -0.3 is 0 Å². The number of rotatable bonds is 5. The first-order chi connectivity index (χ1) is 13.9. The van der Waals surface area contributed by atoms with Crippen molar-refractivity contribution in [2.24, 2.45) is 0 Å². The van der Waals surface area contributed by atoms with E-state index in [0.717, 1.165) is 22.1 Å². The van der Waals surface area contributed by atoms with Crippen molar-refractivity contribution in [1.29, 1.82) is 0 Å². The maximum atomic E-state index is 4.44. The van der Waals surface area contributed by atoms with E-state index in [2.05, 4.69) is 43.7 Å². The fraction of sp³-hybridized carbons (Fsp3) is 0.0870. The first kappa shape index (κ1) is 18.0. The van der Waals surface area contributed by atoms with Gasteiger partial charge in [0.05, 0.1) is 12.3 Å². The summed E-state index contributed by atoms with van der Waals surface area (Å²) in [5.74, 6) is 7.89. The molecule has 0 spiro atoms. The lowest BCUT2D eigenvalue weighted by atomic mass is 10.2. The zero-order valence-corrected chi connectivity index (χ0v) is 16.0. The van der Waals surface area contributed by atoms with E-state index in [1.807, 2.05) is 60.7 Å². The van der Waals surface area contributed by atoms with Crippen LogP contribution in [0.3, 0.4) is 0 Å². The summed E-state index contributed by atoms with van der Waals surface area (Å²) >= 11 is 1.60. The van der Waals surface area contributed by atoms with Gasteiger partial charge in [-0.05, 0) is 29.8 Å². The Morgan fingerprint density at radius 1 is 0.821 bits per heavy atom. The van der Waals surface area contributed by atoms with Gasteiger partial charge in [-0.25, -0.2) is 0 Å². The van der Waals surface area contributed by atoms with Gasteiger partial charge in [-0.3, -0.25) is 9.55 Å². The highest BCUT2D eigenvalue weighted by Gasteiger charge is 2.14. The molecule has 0 bridgehead atoms. The molecular weight excluding hydrogens is 364 g/mol. The van der Waals surface area contributed by atoms with Crippen LogP contribution in [0.4, 0.5) is 0 Å². The molecule has 0 aliphatic rings. The Balaban J connectivity index is 1.58. The summed E-state index contributed by atoms with van der Waals surface area (Å²) in [5.41, 5.74) is 3.22. The quantitative estimate of drug-likeness (QED) is 0.376. The van der Waals surface area contributed by atoms with Crippen LogP contribution in [0.15, 0.2) is 90.3 Å². The van der Waals surface area contributed by atoms with Crippen molar-refractivity contribution in [3.05, 3.63) is 96.3 Å². The molecule has 0 radical (unpaired) electrons. The molecule has 0 fully saturated rings. The number of benzene rings is 2. The van der Waals surface area contributed by atoms with Crippen molar-refractivity contribution >= 4 is 11.8 Å². The zero-order valence-electron chi connectivity index (χ0n) is 15.2. The topological polar surface area (TPSA) is 43.6 Å². The second-order valence-corrected chi connectivity index (χ2v) is 7.01. The van der Waals surface area contributed by atoms with E-state index in [0.29, 0.717) is 12.3 Å². The average molecular weight is 382 g/mol. The molecule has 0 amide bonds. The summed E-state index contributed by atoms with van der Waals surface area (Å²) in [6.45, 7) is 0.708. The Hall–Kier alpha value is -3.36. The van der Waals surface area contributed by atoms with Crippen LogP contribution in [0.25, 0.3) is 11.4 Å². The summed E-state index contributed by atoms with van der Waals surface area (Å²) < 4.78 is 2.14. The van der Waals surface area contributed by atoms with Crippen LogP contribution in [0, 0.1) is 11.8 Å². The van der Waals surface area contributed by atoms with Gasteiger partial charge in [0.15, 0.2) is 11.0 Å². The summed E-state index contributed by atoms with van der Waals surface area (Å²) in [5, 5.41) is 9.72. The predicted octanol–water partition coefficient (Wildman–Crippen LogP) is 4.53. The summed E-state index contributed by atoms with van der Waals surface area (Å²) in [4.78, 5) is 4.10. The van der Waals surface area contributed by atoms with E-state index in [1.54, 1.807) is 24.2 Å². The molecule has 0 saturated heterocycles. The third-order valence-corrected chi connectivity index (χ3v) is 4.97. The lowest BCUT2D eigenvalue weighted by Crippen LogP contribution is -2.04. The average Bonchev–Trinajstić information content (AvgIpc) is 3.16. The third-order valence-electron chi connectivity index (χ3n) is 4.12. The van der Waals surface area contributed by atoms with Gasteiger partial charge in [-0.2, -0.15) is 0 Å². The number of hydrogen-bond donors (Lipinski definition) is 0. The van der Waals surface area contributed by atoms with Gasteiger partial charge in [0.25, 0.3) is 0 Å². The SMILES string of the molecule is C(#Cc1ccccc1)CSc1nnc(-c2ccncc2)n1Cc1ccccc1. The van der Waals surface area contributed by atoms with Crippen LogP contribution < -0.4 is 0 Å². The van der Waals surface area contributed by atoms with Crippen molar-refractivity contribution < 1.29 is 0 Å². The lowest BCUT2D eigenvalue weighted by Gasteiger charge is -2.09. The van der Waals surface area contributed by atoms with E-state index >= 15 is 0 Å². The van der Waals surface area contributed by atoms with Gasteiger partial charge in [0.2, 0.25) is 0 Å². The minimum absolute atomic E-state index is 0.651. The van der Waals surface area contributed by atoms with Crippen LogP contribution in [-0.4, -0.2) is 25.5 Å². The fourth-order valence-corrected chi connectivity index (χ4v) is 3.46. The molecule has 0 unspecified atom stereocenters. The summed E-state index contributed by atoms with van der Waals surface area (Å²) in [6.07, 6.45) is 3.55. The van der Waals surface area contributed by atoms with Gasteiger partial charge in [-0.1, -0.05) is 72.1 Å². The minimum Gasteiger partial charge on any atom is -0.298 e. The molecule has 2 heterocycles. The second-order valence-electron chi connectivity index (χ2n) is 6.07. The standard InChI is InChI=1S/C23H18N4S/c1-3-8-19(9-4-1)12-7-17-28-23-26-25-22(21-13-15-24-16-14-21)27(23)18-20-10-5-2-6-11-20/h1-6,8-11,13-16H,17-18H2. The van der Waals surface area contributed by atoms with E-state index in [4.69, 9.17) is 0 Å². The number of aromatic nitrogens is 4. The number of nitrogens with zero attached hydrogens (tertiary/aromatic N) is 4. The number of pyridine rings is 1. The first-order valence-electron chi connectivity index (χ1n) is 8.94. The molecule has 4 rings (SSSR count). The smallest absolute Gasteiger partial charge is 0.192 e. The third kappa shape index (κ3) is 4.48. The molecule has 0 N–H and O–H groups in total. The highest BCUT2D eigenvalue weighted by molar-refractivity contribution is 7.99. The van der Waals surface area contributed by atoms with Crippen molar-refractivity contribution in [3.63, 3.8) is 0 Å². The van der Waals surface area contributed by atoms with Crippen molar-refractivity contribution in [2.45, 2.75) is 11.7 Å². The highest BCUT2D eigenvalue weighted by atomic mass is 32.2. The van der Waals surface area contributed by atoms with E-state index < -0.39 is 0 Å². The fourth-order valence-electron chi connectivity index (χ4n) is 2.78. The van der Waals surface area contributed by atoms with Gasteiger partial charge in [0, 0.05) is 23.5 Å². The normalized spacial score (nSPS) is 10.3. The van der Waals surface area contributed by atoms with E-state index in [9.17, 15) is 0 Å². The van der Waals surface area contributed by atoms with Crippen LogP contribution in [0.2, 0.25) is 0 Å². The maximum absolute atomic E-state index is 4.44. The Morgan fingerprint density at radius 2 is 1.54 bits per heavy atom. The monoisotopic (exact) mass is 382 g/mol. The van der Waals surface area contributed by atoms with Crippen LogP contribution in [0.1, 0.15) is 11.1 Å². The maximum Gasteiger partial charge on any atom is 0.192 e. The molecule has 5 heteroatoms. The van der Waals surface area contributed by atoms with Gasteiger partial charge in [0.1, 0.15) is 0 Å². The number of thioether (sulfide) groups is 1. The van der Waals surface area contributed by atoms with E-state index in [-0.39, 0.29) is 0 Å². The lowest BCUT2D eigenvalue weighted by molar-refractivity contribution is 0.715. The second kappa shape index (κ2) is 9.03. The summed E-state index contributed by atoms with van der Waals surface area (Å²) in [6, 6.07) is 24.2. The molecule has 4 nitrogen and oxygen atoms in total. The molecule has 136 valence electrons. The zero-order chi connectivity index (χ0) is 19.0. The van der Waals surface area contributed by atoms with Crippen LogP contribution in [0.5, 0.6) is 0 Å². The Kier molecular flexibility index (Phi) is 5.81. The molecule has 0 atom stereocenters. The Morgan fingerprint density at radius 3 is 2.29 bits per heavy atom. The first-order valence-corrected chi connectivity index (χ1v) is 9.93. The Bertz CT molecular complexity index is 1080.